The molecule has 13 heavy (non-hydrogen) atoms. The van der Waals surface area contributed by atoms with Crippen molar-refractivity contribution < 1.29 is 9.57 Å². The fourth-order valence-corrected chi connectivity index (χ4v) is 1.03. The molecule has 0 aliphatic carbocycles. The van der Waals surface area contributed by atoms with Crippen molar-refractivity contribution in [1.29, 1.82) is 0 Å². The van der Waals surface area contributed by atoms with E-state index in [-0.39, 0.29) is 6.10 Å². The van der Waals surface area contributed by atoms with Gasteiger partial charge in [0.15, 0.2) is 0 Å². The van der Waals surface area contributed by atoms with Crippen molar-refractivity contribution >= 4 is 0 Å². The van der Waals surface area contributed by atoms with Crippen molar-refractivity contribution in [2.45, 2.75) is 26.6 Å². The number of ether oxygens (including phenoxy) is 1. The SMILES string of the molecule is CC(C)Oc1ccc(CON)cc1. The van der Waals surface area contributed by atoms with Gasteiger partial charge in [-0.25, -0.2) is 5.90 Å². The highest BCUT2D eigenvalue weighted by atomic mass is 16.6. The minimum absolute atomic E-state index is 0.205. The number of rotatable bonds is 4. The fourth-order valence-electron chi connectivity index (χ4n) is 1.03. The Balaban J connectivity index is 2.59. The van der Waals surface area contributed by atoms with E-state index in [1.807, 2.05) is 38.1 Å². The molecule has 0 saturated heterocycles. The normalized spacial score (nSPS) is 10.5. The Morgan fingerprint density at radius 2 is 1.85 bits per heavy atom. The Bertz CT molecular complexity index is 244. The molecule has 72 valence electrons. The van der Waals surface area contributed by atoms with Crippen molar-refractivity contribution in [2.24, 2.45) is 5.90 Å². The fraction of sp³-hybridized carbons (Fsp3) is 0.400. The summed E-state index contributed by atoms with van der Waals surface area (Å²) in [5.41, 5.74) is 1.04. The van der Waals surface area contributed by atoms with E-state index in [1.165, 1.54) is 0 Å². The first-order valence-corrected chi connectivity index (χ1v) is 4.29. The summed E-state index contributed by atoms with van der Waals surface area (Å²) in [5, 5.41) is 0. The van der Waals surface area contributed by atoms with Gasteiger partial charge in [-0.05, 0) is 31.5 Å². The summed E-state index contributed by atoms with van der Waals surface area (Å²) in [6, 6.07) is 7.69. The van der Waals surface area contributed by atoms with Gasteiger partial charge in [-0.1, -0.05) is 12.1 Å². The standard InChI is InChI=1S/C10H15NO2/c1-8(2)13-10-5-3-9(4-6-10)7-12-11/h3-6,8H,7,11H2,1-2H3. The lowest BCUT2D eigenvalue weighted by molar-refractivity contribution is 0.124. The van der Waals surface area contributed by atoms with E-state index in [2.05, 4.69) is 4.84 Å². The predicted molar refractivity (Wildman–Crippen MR) is 51.2 cm³/mol. The van der Waals surface area contributed by atoms with Crippen molar-refractivity contribution in [3.63, 3.8) is 0 Å². The summed E-state index contributed by atoms with van der Waals surface area (Å²) in [7, 11) is 0. The predicted octanol–water partition coefficient (Wildman–Crippen LogP) is 1.86. The summed E-state index contributed by atoms with van der Waals surface area (Å²) < 4.78 is 5.48. The molecule has 0 fully saturated rings. The van der Waals surface area contributed by atoms with Gasteiger partial charge in [0.1, 0.15) is 5.75 Å². The van der Waals surface area contributed by atoms with Crippen molar-refractivity contribution in [3.05, 3.63) is 29.8 Å². The smallest absolute Gasteiger partial charge is 0.119 e. The van der Waals surface area contributed by atoms with Crippen LogP contribution in [0.4, 0.5) is 0 Å². The van der Waals surface area contributed by atoms with Gasteiger partial charge in [0.05, 0.1) is 12.7 Å². The Hall–Kier alpha value is -1.06. The molecule has 0 atom stereocenters. The summed E-state index contributed by atoms with van der Waals surface area (Å²) in [6.07, 6.45) is 0.205. The van der Waals surface area contributed by atoms with E-state index >= 15 is 0 Å². The first-order chi connectivity index (χ1) is 6.22. The molecule has 3 heteroatoms. The lowest BCUT2D eigenvalue weighted by Gasteiger charge is -2.09. The molecule has 0 bridgehead atoms. The van der Waals surface area contributed by atoms with E-state index in [9.17, 15) is 0 Å². The second kappa shape index (κ2) is 4.84. The van der Waals surface area contributed by atoms with Gasteiger partial charge in [0.2, 0.25) is 0 Å². The molecule has 3 nitrogen and oxygen atoms in total. The van der Waals surface area contributed by atoms with Crippen LogP contribution in [-0.4, -0.2) is 6.10 Å². The van der Waals surface area contributed by atoms with E-state index in [1.54, 1.807) is 0 Å². The van der Waals surface area contributed by atoms with Crippen LogP contribution in [0.1, 0.15) is 19.4 Å². The molecule has 0 unspecified atom stereocenters. The van der Waals surface area contributed by atoms with Crippen molar-refractivity contribution in [3.8, 4) is 5.75 Å². The van der Waals surface area contributed by atoms with Gasteiger partial charge in [0.25, 0.3) is 0 Å². The van der Waals surface area contributed by atoms with Crippen LogP contribution in [0.25, 0.3) is 0 Å². The lowest BCUT2D eigenvalue weighted by Crippen LogP contribution is -2.05. The van der Waals surface area contributed by atoms with Crippen LogP contribution in [-0.2, 0) is 11.4 Å². The molecule has 1 aromatic rings. The third-order valence-corrected chi connectivity index (χ3v) is 1.55. The summed E-state index contributed by atoms with van der Waals surface area (Å²) in [5.74, 6) is 5.82. The first-order valence-electron chi connectivity index (χ1n) is 4.29. The number of hydrogen-bond acceptors (Lipinski definition) is 3. The molecule has 0 saturated carbocycles. The maximum atomic E-state index is 5.48. The number of hydrogen-bond donors (Lipinski definition) is 1. The lowest BCUT2D eigenvalue weighted by atomic mass is 10.2. The minimum Gasteiger partial charge on any atom is -0.491 e. The molecule has 2 N–H and O–H groups in total. The molecule has 1 rings (SSSR count). The van der Waals surface area contributed by atoms with Gasteiger partial charge in [-0.3, -0.25) is 4.84 Å². The minimum atomic E-state index is 0.205. The highest BCUT2D eigenvalue weighted by Crippen LogP contribution is 2.13. The van der Waals surface area contributed by atoms with Crippen LogP contribution in [0.15, 0.2) is 24.3 Å². The molecule has 0 amide bonds. The first kappa shape index (κ1) is 10.0. The zero-order valence-corrected chi connectivity index (χ0v) is 7.99. The molecular weight excluding hydrogens is 166 g/mol. The topological polar surface area (TPSA) is 44.5 Å². The highest BCUT2D eigenvalue weighted by Gasteiger charge is 1.97. The summed E-state index contributed by atoms with van der Waals surface area (Å²) in [6.45, 7) is 4.43. The molecule has 0 spiro atoms. The van der Waals surface area contributed by atoms with Crippen molar-refractivity contribution in [2.75, 3.05) is 0 Å². The van der Waals surface area contributed by atoms with Crippen LogP contribution in [0.3, 0.4) is 0 Å². The van der Waals surface area contributed by atoms with Gasteiger partial charge < -0.3 is 4.74 Å². The maximum absolute atomic E-state index is 5.48. The van der Waals surface area contributed by atoms with Crippen LogP contribution >= 0.6 is 0 Å². The largest absolute Gasteiger partial charge is 0.491 e. The van der Waals surface area contributed by atoms with E-state index < -0.39 is 0 Å². The average Bonchev–Trinajstić information content (AvgIpc) is 2.08. The number of benzene rings is 1. The van der Waals surface area contributed by atoms with Crippen LogP contribution < -0.4 is 10.6 Å². The summed E-state index contributed by atoms with van der Waals surface area (Å²) in [4.78, 5) is 4.51. The third-order valence-electron chi connectivity index (χ3n) is 1.55. The monoisotopic (exact) mass is 181 g/mol. The zero-order valence-electron chi connectivity index (χ0n) is 7.99. The molecule has 0 radical (unpaired) electrons. The third kappa shape index (κ3) is 3.44. The second-order valence-corrected chi connectivity index (χ2v) is 3.12. The Morgan fingerprint density at radius 1 is 1.23 bits per heavy atom. The van der Waals surface area contributed by atoms with E-state index in [4.69, 9.17) is 10.6 Å². The quantitative estimate of drug-likeness (QED) is 0.721. The highest BCUT2D eigenvalue weighted by molar-refractivity contribution is 5.26. The Labute approximate surface area is 78.4 Å². The average molecular weight is 181 g/mol. The molecule has 0 aliphatic rings. The van der Waals surface area contributed by atoms with Gasteiger partial charge in [-0.15, -0.1) is 0 Å². The maximum Gasteiger partial charge on any atom is 0.119 e. The molecule has 1 aromatic carbocycles. The van der Waals surface area contributed by atoms with E-state index in [0.717, 1.165) is 11.3 Å². The van der Waals surface area contributed by atoms with Crippen molar-refractivity contribution in [1.82, 2.24) is 0 Å². The Morgan fingerprint density at radius 3 is 2.31 bits per heavy atom. The van der Waals surface area contributed by atoms with Crippen LogP contribution in [0.5, 0.6) is 5.75 Å². The molecule has 0 heterocycles. The van der Waals surface area contributed by atoms with Gasteiger partial charge in [0, 0.05) is 0 Å². The molecular formula is C10H15NO2. The van der Waals surface area contributed by atoms with Crippen LogP contribution in [0.2, 0.25) is 0 Å². The summed E-state index contributed by atoms with van der Waals surface area (Å²) >= 11 is 0. The number of nitrogens with two attached hydrogens (primary N) is 1. The molecule has 0 aromatic heterocycles. The van der Waals surface area contributed by atoms with Gasteiger partial charge >= 0.3 is 0 Å². The second-order valence-electron chi connectivity index (χ2n) is 3.12. The molecule has 0 aliphatic heterocycles. The van der Waals surface area contributed by atoms with E-state index in [0.29, 0.717) is 6.61 Å². The van der Waals surface area contributed by atoms with Gasteiger partial charge in [-0.2, -0.15) is 0 Å². The van der Waals surface area contributed by atoms with Crippen LogP contribution in [0, 0.1) is 0 Å². The Kier molecular flexibility index (Phi) is 3.73. The zero-order chi connectivity index (χ0) is 9.68.